The molecule has 0 heterocycles. The molecule has 0 spiro atoms. The predicted octanol–water partition coefficient (Wildman–Crippen LogP) is 0.897. The van der Waals surface area contributed by atoms with Crippen molar-refractivity contribution in [2.75, 3.05) is 0 Å². The van der Waals surface area contributed by atoms with Gasteiger partial charge in [-0.2, -0.15) is 0 Å². The minimum absolute atomic E-state index is 0.373. The van der Waals surface area contributed by atoms with Crippen molar-refractivity contribution in [2.45, 2.75) is 66.2 Å². The molecular weight excluding hydrogens is 348 g/mol. The molecule has 152 valence electrons. The SMILES string of the molecule is C=CCC1(O)[C@](O)(CC=C)[C@@](O)(CC=C)C(O)[C@@](O)(CC=C)[C@@]1(O)CC=C. The summed E-state index contributed by atoms with van der Waals surface area (Å²) in [5.74, 6) is 0. The van der Waals surface area contributed by atoms with E-state index in [0.29, 0.717) is 0 Å². The van der Waals surface area contributed by atoms with Gasteiger partial charge in [0, 0.05) is 0 Å². The van der Waals surface area contributed by atoms with Crippen molar-refractivity contribution < 1.29 is 30.6 Å². The minimum atomic E-state index is -2.51. The van der Waals surface area contributed by atoms with Gasteiger partial charge in [-0.1, -0.05) is 30.4 Å². The van der Waals surface area contributed by atoms with E-state index >= 15 is 0 Å². The van der Waals surface area contributed by atoms with Gasteiger partial charge in [0.2, 0.25) is 0 Å². The molecule has 0 aromatic rings. The minimum Gasteiger partial charge on any atom is -0.387 e. The van der Waals surface area contributed by atoms with Crippen LogP contribution in [0.5, 0.6) is 0 Å². The van der Waals surface area contributed by atoms with Gasteiger partial charge in [-0.15, -0.1) is 32.9 Å². The average molecular weight is 380 g/mol. The normalized spacial score (nSPS) is 44.3. The van der Waals surface area contributed by atoms with Crippen LogP contribution < -0.4 is 0 Å². The Bertz CT molecular complexity index is 572. The maximum atomic E-state index is 11.6. The van der Waals surface area contributed by atoms with Crippen LogP contribution in [0.2, 0.25) is 0 Å². The second kappa shape index (κ2) is 7.83. The molecule has 0 aromatic heterocycles. The number of aliphatic hydroxyl groups excluding tert-OH is 1. The first-order valence-electron chi connectivity index (χ1n) is 8.80. The number of hydrogen-bond acceptors (Lipinski definition) is 6. The maximum absolute atomic E-state index is 11.6. The summed E-state index contributed by atoms with van der Waals surface area (Å²) in [6.45, 7) is 17.7. The molecule has 27 heavy (non-hydrogen) atoms. The summed E-state index contributed by atoms with van der Waals surface area (Å²) in [7, 11) is 0. The summed E-state index contributed by atoms with van der Waals surface area (Å²) in [4.78, 5) is 0. The quantitative estimate of drug-likeness (QED) is 0.313. The molecule has 0 radical (unpaired) electrons. The average Bonchev–Trinajstić information content (AvgIpc) is 2.60. The number of aliphatic hydroxyl groups is 6. The third kappa shape index (κ3) is 2.79. The highest BCUT2D eigenvalue weighted by Crippen LogP contribution is 2.59. The van der Waals surface area contributed by atoms with E-state index in [4.69, 9.17) is 0 Å². The molecule has 0 bridgehead atoms. The second-order valence-electron chi connectivity index (χ2n) is 7.30. The lowest BCUT2D eigenvalue weighted by Gasteiger charge is -2.68. The van der Waals surface area contributed by atoms with Gasteiger partial charge in [-0.3, -0.25) is 0 Å². The first kappa shape index (κ1) is 23.5. The Morgan fingerprint density at radius 1 is 0.519 bits per heavy atom. The molecule has 6 atom stereocenters. The molecule has 2 unspecified atom stereocenters. The van der Waals surface area contributed by atoms with E-state index < -0.39 is 40.5 Å². The topological polar surface area (TPSA) is 121 Å². The Morgan fingerprint density at radius 3 is 1.04 bits per heavy atom. The fourth-order valence-electron chi connectivity index (χ4n) is 4.56. The van der Waals surface area contributed by atoms with Crippen LogP contribution in [0.1, 0.15) is 32.1 Å². The first-order valence-corrected chi connectivity index (χ1v) is 8.80. The molecule has 0 saturated heterocycles. The molecule has 0 amide bonds. The van der Waals surface area contributed by atoms with Gasteiger partial charge in [0.1, 0.15) is 34.1 Å². The fraction of sp³-hybridized carbons (Fsp3) is 0.524. The van der Waals surface area contributed by atoms with E-state index in [9.17, 15) is 30.6 Å². The molecule has 0 aromatic carbocycles. The monoisotopic (exact) mass is 380 g/mol. The van der Waals surface area contributed by atoms with Crippen molar-refractivity contribution in [2.24, 2.45) is 0 Å². The Kier molecular flexibility index (Phi) is 6.82. The van der Waals surface area contributed by atoms with E-state index in [1.807, 2.05) is 0 Å². The summed E-state index contributed by atoms with van der Waals surface area (Å²) in [6, 6.07) is 0. The highest BCUT2D eigenvalue weighted by atomic mass is 16.5. The van der Waals surface area contributed by atoms with Gasteiger partial charge in [0.05, 0.1) is 0 Å². The van der Waals surface area contributed by atoms with Crippen LogP contribution in [0.25, 0.3) is 0 Å². The Balaban J connectivity index is 4.05. The third-order valence-corrected chi connectivity index (χ3v) is 5.94. The largest absolute Gasteiger partial charge is 0.387 e. The Morgan fingerprint density at radius 2 is 0.778 bits per heavy atom. The lowest BCUT2D eigenvalue weighted by molar-refractivity contribution is -0.405. The zero-order valence-electron chi connectivity index (χ0n) is 15.7. The summed E-state index contributed by atoms with van der Waals surface area (Å²) >= 11 is 0. The van der Waals surface area contributed by atoms with Crippen molar-refractivity contribution >= 4 is 0 Å². The molecule has 1 aliphatic carbocycles. The zero-order valence-corrected chi connectivity index (χ0v) is 15.7. The summed E-state index contributed by atoms with van der Waals surface area (Å²) in [6.07, 6.45) is 2.28. The highest BCUT2D eigenvalue weighted by molar-refractivity contribution is 5.36. The Labute approximate surface area is 160 Å². The van der Waals surface area contributed by atoms with Crippen molar-refractivity contribution in [3.8, 4) is 0 Å². The van der Waals surface area contributed by atoms with Crippen molar-refractivity contribution in [3.63, 3.8) is 0 Å². The van der Waals surface area contributed by atoms with E-state index in [1.54, 1.807) is 0 Å². The second-order valence-corrected chi connectivity index (χ2v) is 7.30. The van der Waals surface area contributed by atoms with Gasteiger partial charge in [0.15, 0.2) is 0 Å². The van der Waals surface area contributed by atoms with Gasteiger partial charge >= 0.3 is 0 Å². The van der Waals surface area contributed by atoms with Crippen molar-refractivity contribution in [3.05, 3.63) is 63.3 Å². The van der Waals surface area contributed by atoms with E-state index in [-0.39, 0.29) is 25.7 Å². The summed E-state index contributed by atoms with van der Waals surface area (Å²) in [5, 5.41) is 68.5. The van der Waals surface area contributed by atoms with Crippen LogP contribution in [0.15, 0.2) is 63.3 Å². The number of hydrogen-bond donors (Lipinski definition) is 6. The highest BCUT2D eigenvalue weighted by Gasteiger charge is 2.81. The van der Waals surface area contributed by atoms with E-state index in [1.165, 1.54) is 30.4 Å². The van der Waals surface area contributed by atoms with E-state index in [0.717, 1.165) is 0 Å². The van der Waals surface area contributed by atoms with E-state index in [2.05, 4.69) is 32.9 Å². The standard InChI is InChI=1S/C21H32O6/c1-6-11-17(23)16(22)18(24,12-7-2)20(26,14-9-4)21(27,15-10-5)19(17,25)13-8-3/h6-10,16,22-27H,1-5,11-15H2/t16?,17-,18+,19-,20-,21?/m0/s1. The molecule has 6 nitrogen and oxygen atoms in total. The van der Waals surface area contributed by atoms with Gasteiger partial charge in [0.25, 0.3) is 0 Å². The van der Waals surface area contributed by atoms with Gasteiger partial charge in [-0.25, -0.2) is 0 Å². The smallest absolute Gasteiger partial charge is 0.132 e. The molecule has 1 aliphatic rings. The fourth-order valence-corrected chi connectivity index (χ4v) is 4.56. The zero-order chi connectivity index (χ0) is 21.1. The van der Waals surface area contributed by atoms with Crippen LogP contribution in [-0.4, -0.2) is 64.7 Å². The van der Waals surface area contributed by atoms with Crippen LogP contribution in [-0.2, 0) is 0 Å². The lowest BCUT2D eigenvalue weighted by Crippen LogP contribution is -2.90. The molecule has 1 fully saturated rings. The third-order valence-electron chi connectivity index (χ3n) is 5.94. The molecule has 1 saturated carbocycles. The molecular formula is C21H32O6. The first-order chi connectivity index (χ1) is 12.5. The van der Waals surface area contributed by atoms with Crippen LogP contribution in [0.3, 0.4) is 0 Å². The summed E-state index contributed by atoms with van der Waals surface area (Å²) in [5.41, 5.74) is -12.4. The van der Waals surface area contributed by atoms with Gasteiger partial charge < -0.3 is 30.6 Å². The molecule has 6 heteroatoms. The number of rotatable bonds is 10. The predicted molar refractivity (Wildman–Crippen MR) is 105 cm³/mol. The van der Waals surface area contributed by atoms with Crippen molar-refractivity contribution in [1.29, 1.82) is 0 Å². The molecule has 6 N–H and O–H groups in total. The lowest BCUT2D eigenvalue weighted by atomic mass is 9.45. The van der Waals surface area contributed by atoms with Crippen LogP contribution >= 0.6 is 0 Å². The maximum Gasteiger partial charge on any atom is 0.132 e. The van der Waals surface area contributed by atoms with Crippen LogP contribution in [0.4, 0.5) is 0 Å². The summed E-state index contributed by atoms with van der Waals surface area (Å²) < 4.78 is 0. The van der Waals surface area contributed by atoms with Crippen molar-refractivity contribution in [1.82, 2.24) is 0 Å². The molecule has 0 aliphatic heterocycles. The van der Waals surface area contributed by atoms with Gasteiger partial charge in [-0.05, 0) is 32.1 Å². The van der Waals surface area contributed by atoms with Crippen LogP contribution in [0, 0.1) is 0 Å². The molecule has 1 rings (SSSR count). The Hall–Kier alpha value is -1.54.